The van der Waals surface area contributed by atoms with Gasteiger partial charge in [0.2, 0.25) is 0 Å². The first-order valence-electron chi connectivity index (χ1n) is 6.83. The number of rotatable bonds is 6. The Morgan fingerprint density at radius 1 is 1.29 bits per heavy atom. The highest BCUT2D eigenvalue weighted by Crippen LogP contribution is 2.34. The molecule has 6 heteroatoms. The van der Waals surface area contributed by atoms with Gasteiger partial charge in [0.1, 0.15) is 6.07 Å². The Balaban J connectivity index is 3.09. The van der Waals surface area contributed by atoms with Gasteiger partial charge in [0, 0.05) is 11.8 Å². The Morgan fingerprint density at radius 3 is 2.48 bits per heavy atom. The smallest absolute Gasteiger partial charge is 0.411 e. The molecule has 1 amide bonds. The van der Waals surface area contributed by atoms with Crippen molar-refractivity contribution in [3.8, 4) is 17.6 Å². The van der Waals surface area contributed by atoms with Crippen LogP contribution in [0.15, 0.2) is 12.1 Å². The number of nitrogens with zero attached hydrogens (tertiary/aromatic N) is 1. The third-order valence-corrected chi connectivity index (χ3v) is 2.35. The van der Waals surface area contributed by atoms with Crippen LogP contribution in [0.25, 0.3) is 0 Å². The molecule has 1 aromatic rings. The molecule has 0 atom stereocenters. The lowest BCUT2D eigenvalue weighted by Gasteiger charge is -2.15. The average molecular weight is 292 g/mol. The summed E-state index contributed by atoms with van der Waals surface area (Å²) in [6, 6.07) is 5.17. The van der Waals surface area contributed by atoms with Crippen LogP contribution >= 0.6 is 0 Å². The van der Waals surface area contributed by atoms with Crippen LogP contribution in [-0.2, 0) is 4.74 Å². The lowest BCUT2D eigenvalue weighted by atomic mass is 10.1. The van der Waals surface area contributed by atoms with Gasteiger partial charge in [0.05, 0.1) is 24.9 Å². The fourth-order valence-electron chi connectivity index (χ4n) is 1.67. The minimum atomic E-state index is -0.583. The summed E-state index contributed by atoms with van der Waals surface area (Å²) in [5.41, 5.74) is 0.715. The third kappa shape index (κ3) is 4.88. The highest BCUT2D eigenvalue weighted by Gasteiger charge is 2.15. The standard InChI is InChI=1S/C15H20N2O4/c1-5-19-13-8-12(17-15(18)21-10(3)4)7-11(9-16)14(13)20-6-2/h7-8,10H,5-6H2,1-4H3,(H,17,18). The lowest BCUT2D eigenvalue weighted by molar-refractivity contribution is 0.130. The molecule has 1 aromatic carbocycles. The van der Waals surface area contributed by atoms with Gasteiger partial charge in [-0.1, -0.05) is 0 Å². The van der Waals surface area contributed by atoms with Crippen molar-refractivity contribution in [3.63, 3.8) is 0 Å². The molecule has 0 heterocycles. The first kappa shape index (κ1) is 16.6. The summed E-state index contributed by atoms with van der Waals surface area (Å²) in [5, 5.41) is 11.8. The topological polar surface area (TPSA) is 80.6 Å². The minimum Gasteiger partial charge on any atom is -0.490 e. The van der Waals surface area contributed by atoms with Crippen molar-refractivity contribution in [1.82, 2.24) is 0 Å². The molecule has 0 bridgehead atoms. The second kappa shape index (κ2) is 8.00. The monoisotopic (exact) mass is 292 g/mol. The van der Waals surface area contributed by atoms with Crippen molar-refractivity contribution in [2.45, 2.75) is 33.8 Å². The summed E-state index contributed by atoms with van der Waals surface area (Å²) in [6.45, 7) is 7.99. The predicted molar refractivity (Wildman–Crippen MR) is 78.7 cm³/mol. The first-order valence-corrected chi connectivity index (χ1v) is 6.83. The van der Waals surface area contributed by atoms with Crippen molar-refractivity contribution in [3.05, 3.63) is 17.7 Å². The van der Waals surface area contributed by atoms with E-state index < -0.39 is 6.09 Å². The molecule has 1 N–H and O–H groups in total. The first-order chi connectivity index (χ1) is 10.0. The van der Waals surface area contributed by atoms with E-state index in [4.69, 9.17) is 14.2 Å². The van der Waals surface area contributed by atoms with Gasteiger partial charge < -0.3 is 14.2 Å². The van der Waals surface area contributed by atoms with Gasteiger partial charge in [-0.25, -0.2) is 4.79 Å². The lowest BCUT2D eigenvalue weighted by Crippen LogP contribution is -2.18. The van der Waals surface area contributed by atoms with Crippen molar-refractivity contribution in [1.29, 1.82) is 5.26 Å². The van der Waals surface area contributed by atoms with Crippen molar-refractivity contribution >= 4 is 11.8 Å². The summed E-state index contributed by atoms with van der Waals surface area (Å²) >= 11 is 0. The van der Waals surface area contributed by atoms with Gasteiger partial charge in [-0.3, -0.25) is 5.32 Å². The zero-order valence-electron chi connectivity index (χ0n) is 12.7. The summed E-state index contributed by atoms with van der Waals surface area (Å²) in [6.07, 6.45) is -0.810. The minimum absolute atomic E-state index is 0.227. The maximum absolute atomic E-state index is 11.6. The van der Waals surface area contributed by atoms with E-state index in [0.717, 1.165) is 0 Å². The summed E-state index contributed by atoms with van der Waals surface area (Å²) in [7, 11) is 0. The molecular weight excluding hydrogens is 272 g/mol. The van der Waals surface area contributed by atoms with Crippen LogP contribution in [0.4, 0.5) is 10.5 Å². The maximum Gasteiger partial charge on any atom is 0.411 e. The van der Waals surface area contributed by atoms with E-state index in [1.54, 1.807) is 19.9 Å². The maximum atomic E-state index is 11.6. The molecule has 0 aliphatic rings. The van der Waals surface area contributed by atoms with Crippen molar-refractivity contribution in [2.24, 2.45) is 0 Å². The van der Waals surface area contributed by atoms with Gasteiger partial charge in [0.25, 0.3) is 0 Å². The molecule has 6 nitrogen and oxygen atoms in total. The number of carbonyl (C=O) groups excluding carboxylic acids is 1. The average Bonchev–Trinajstić information content (AvgIpc) is 2.40. The molecule has 0 radical (unpaired) electrons. The van der Waals surface area contributed by atoms with Crippen LogP contribution < -0.4 is 14.8 Å². The molecule has 0 saturated carbocycles. The van der Waals surface area contributed by atoms with Gasteiger partial charge in [-0.2, -0.15) is 5.26 Å². The molecule has 0 fully saturated rings. The fourth-order valence-corrected chi connectivity index (χ4v) is 1.67. The normalized spacial score (nSPS) is 9.90. The van der Waals surface area contributed by atoms with E-state index in [-0.39, 0.29) is 6.10 Å². The number of benzene rings is 1. The number of nitrogens with one attached hydrogen (secondary N) is 1. The largest absolute Gasteiger partial charge is 0.490 e. The summed E-state index contributed by atoms with van der Waals surface area (Å²) in [5.74, 6) is 0.794. The van der Waals surface area contributed by atoms with Crippen LogP contribution in [-0.4, -0.2) is 25.4 Å². The van der Waals surface area contributed by atoms with Crippen LogP contribution in [0, 0.1) is 11.3 Å². The Bertz CT molecular complexity index is 535. The Hall–Kier alpha value is -2.42. The molecule has 0 spiro atoms. The zero-order valence-corrected chi connectivity index (χ0v) is 12.7. The molecule has 0 aromatic heterocycles. The highest BCUT2D eigenvalue weighted by molar-refractivity contribution is 5.86. The second-order valence-electron chi connectivity index (χ2n) is 4.41. The number of amides is 1. The number of hydrogen-bond donors (Lipinski definition) is 1. The molecule has 0 unspecified atom stereocenters. The fraction of sp³-hybridized carbons (Fsp3) is 0.467. The second-order valence-corrected chi connectivity index (χ2v) is 4.41. The number of nitriles is 1. The van der Waals surface area contributed by atoms with Crippen molar-refractivity contribution < 1.29 is 19.0 Å². The van der Waals surface area contributed by atoms with E-state index in [1.165, 1.54) is 6.07 Å². The molecular formula is C15H20N2O4. The van der Waals surface area contributed by atoms with E-state index in [1.807, 2.05) is 19.9 Å². The van der Waals surface area contributed by atoms with Crippen LogP contribution in [0.2, 0.25) is 0 Å². The number of anilines is 1. The number of carbonyl (C=O) groups is 1. The molecule has 0 aliphatic heterocycles. The SMILES string of the molecule is CCOc1cc(NC(=O)OC(C)C)cc(C#N)c1OCC. The predicted octanol–water partition coefficient (Wildman–Crippen LogP) is 3.31. The number of hydrogen-bond acceptors (Lipinski definition) is 5. The Kier molecular flexibility index (Phi) is 6.34. The molecule has 21 heavy (non-hydrogen) atoms. The van der Waals surface area contributed by atoms with Gasteiger partial charge in [-0.05, 0) is 33.8 Å². The summed E-state index contributed by atoms with van der Waals surface area (Å²) < 4.78 is 15.9. The zero-order chi connectivity index (χ0) is 15.8. The Morgan fingerprint density at radius 2 is 1.95 bits per heavy atom. The van der Waals surface area contributed by atoms with E-state index in [9.17, 15) is 10.1 Å². The molecule has 1 rings (SSSR count). The van der Waals surface area contributed by atoms with Gasteiger partial charge in [-0.15, -0.1) is 0 Å². The molecule has 0 saturated heterocycles. The molecule has 0 aliphatic carbocycles. The van der Waals surface area contributed by atoms with E-state index in [0.29, 0.717) is 36.0 Å². The molecule has 114 valence electrons. The van der Waals surface area contributed by atoms with E-state index in [2.05, 4.69) is 5.32 Å². The number of ether oxygens (including phenoxy) is 3. The van der Waals surface area contributed by atoms with Crippen LogP contribution in [0.3, 0.4) is 0 Å². The van der Waals surface area contributed by atoms with Gasteiger partial charge in [0.15, 0.2) is 11.5 Å². The third-order valence-electron chi connectivity index (χ3n) is 2.35. The quantitative estimate of drug-likeness (QED) is 0.870. The summed E-state index contributed by atoms with van der Waals surface area (Å²) in [4.78, 5) is 11.6. The van der Waals surface area contributed by atoms with Crippen LogP contribution in [0.5, 0.6) is 11.5 Å². The highest BCUT2D eigenvalue weighted by atomic mass is 16.6. The van der Waals surface area contributed by atoms with Crippen molar-refractivity contribution in [2.75, 3.05) is 18.5 Å². The Labute approximate surface area is 124 Å². The van der Waals surface area contributed by atoms with E-state index >= 15 is 0 Å². The van der Waals surface area contributed by atoms with Crippen LogP contribution in [0.1, 0.15) is 33.3 Å². The van der Waals surface area contributed by atoms with Gasteiger partial charge >= 0.3 is 6.09 Å².